The molecule has 0 fully saturated rings. The highest BCUT2D eigenvalue weighted by Gasteiger charge is 2.10. The summed E-state index contributed by atoms with van der Waals surface area (Å²) in [5.41, 5.74) is -1.08. The summed E-state index contributed by atoms with van der Waals surface area (Å²) >= 11 is 0. The average molecular weight is 210 g/mol. The Kier molecular flexibility index (Phi) is 4.09. The van der Waals surface area contributed by atoms with E-state index in [1.807, 2.05) is 0 Å². The molecule has 0 unspecified atom stereocenters. The molecule has 0 saturated heterocycles. The van der Waals surface area contributed by atoms with Crippen molar-refractivity contribution >= 4 is 5.97 Å². The van der Waals surface area contributed by atoms with Gasteiger partial charge in [-0.2, -0.15) is 0 Å². The molecule has 0 aliphatic heterocycles. The van der Waals surface area contributed by atoms with Crippen molar-refractivity contribution in [3.8, 4) is 0 Å². The molecule has 0 atom stereocenters. The molecule has 0 bridgehead atoms. The number of rotatable bonds is 5. The summed E-state index contributed by atoms with van der Waals surface area (Å²) in [5.74, 6) is -0.692. The van der Waals surface area contributed by atoms with Gasteiger partial charge in [-0.3, -0.25) is 0 Å². The van der Waals surface area contributed by atoms with Gasteiger partial charge in [-0.1, -0.05) is 19.8 Å². The fourth-order valence-electron chi connectivity index (χ4n) is 1.29. The van der Waals surface area contributed by atoms with Gasteiger partial charge >= 0.3 is 11.6 Å². The lowest BCUT2D eigenvalue weighted by Crippen LogP contribution is -2.13. The number of carbonyl (C=O) groups is 1. The largest absolute Gasteiger partial charge is 0.477 e. The summed E-state index contributed by atoms with van der Waals surface area (Å²) in [5, 5.41) is 8.61. The summed E-state index contributed by atoms with van der Waals surface area (Å²) in [6.07, 6.45) is 3.80. The maximum Gasteiger partial charge on any atom is 0.350 e. The zero-order chi connectivity index (χ0) is 11.3. The second kappa shape index (κ2) is 5.34. The van der Waals surface area contributed by atoms with E-state index >= 15 is 0 Å². The minimum Gasteiger partial charge on any atom is -0.477 e. The average Bonchev–Trinajstić information content (AvgIpc) is 2.17. The minimum absolute atomic E-state index is 0.311. The van der Waals surface area contributed by atoms with Crippen LogP contribution in [0.3, 0.4) is 0 Å². The first-order valence-corrected chi connectivity index (χ1v) is 5.01. The van der Waals surface area contributed by atoms with Gasteiger partial charge < -0.3 is 9.52 Å². The highest BCUT2D eigenvalue weighted by Crippen LogP contribution is 2.05. The van der Waals surface area contributed by atoms with Gasteiger partial charge in [-0.05, 0) is 18.6 Å². The lowest BCUT2D eigenvalue weighted by atomic mass is 10.1. The van der Waals surface area contributed by atoms with Gasteiger partial charge in [0.2, 0.25) is 0 Å². The molecule has 0 spiro atoms. The van der Waals surface area contributed by atoms with Crippen LogP contribution in [0.15, 0.2) is 21.3 Å². The molecule has 0 amide bonds. The van der Waals surface area contributed by atoms with E-state index in [0.29, 0.717) is 12.2 Å². The Labute approximate surface area is 87.5 Å². The Morgan fingerprint density at radius 1 is 1.40 bits per heavy atom. The first kappa shape index (κ1) is 11.5. The van der Waals surface area contributed by atoms with Gasteiger partial charge in [0.15, 0.2) is 0 Å². The highest BCUT2D eigenvalue weighted by atomic mass is 16.4. The molecule has 1 aromatic heterocycles. The maximum absolute atomic E-state index is 11.2. The number of carboxylic acid groups (broad SMARTS) is 1. The molecular weight excluding hydrogens is 196 g/mol. The fourth-order valence-corrected chi connectivity index (χ4v) is 1.29. The van der Waals surface area contributed by atoms with Crippen molar-refractivity contribution in [2.45, 2.75) is 32.6 Å². The van der Waals surface area contributed by atoms with Crippen LogP contribution in [-0.2, 0) is 6.42 Å². The van der Waals surface area contributed by atoms with Crippen LogP contribution in [0.1, 0.15) is 42.3 Å². The van der Waals surface area contributed by atoms with Gasteiger partial charge in [-0.25, -0.2) is 9.59 Å². The molecular formula is C11H14O4. The van der Waals surface area contributed by atoms with E-state index in [4.69, 9.17) is 9.52 Å². The molecule has 0 aliphatic rings. The Hall–Kier alpha value is -1.58. The van der Waals surface area contributed by atoms with E-state index < -0.39 is 11.6 Å². The number of aryl methyl sites for hydroxylation is 1. The molecule has 4 nitrogen and oxygen atoms in total. The van der Waals surface area contributed by atoms with Gasteiger partial charge in [-0.15, -0.1) is 0 Å². The zero-order valence-corrected chi connectivity index (χ0v) is 8.66. The van der Waals surface area contributed by atoms with Crippen LogP contribution >= 0.6 is 0 Å². The van der Waals surface area contributed by atoms with E-state index in [9.17, 15) is 9.59 Å². The Morgan fingerprint density at radius 3 is 2.67 bits per heavy atom. The number of hydrogen-bond acceptors (Lipinski definition) is 3. The molecule has 1 rings (SSSR count). The van der Waals surface area contributed by atoms with Gasteiger partial charge in [0.05, 0.1) is 0 Å². The first-order chi connectivity index (χ1) is 7.15. The van der Waals surface area contributed by atoms with Gasteiger partial charge in [0.1, 0.15) is 11.3 Å². The zero-order valence-electron chi connectivity index (χ0n) is 8.66. The van der Waals surface area contributed by atoms with Crippen molar-refractivity contribution in [3.05, 3.63) is 33.9 Å². The second-order valence-electron chi connectivity index (χ2n) is 3.37. The summed E-state index contributed by atoms with van der Waals surface area (Å²) in [4.78, 5) is 21.7. The molecule has 1 N–H and O–H groups in total. The summed E-state index contributed by atoms with van der Waals surface area (Å²) < 4.78 is 4.88. The van der Waals surface area contributed by atoms with Crippen LogP contribution in [0.4, 0.5) is 0 Å². The monoisotopic (exact) mass is 210 g/mol. The van der Waals surface area contributed by atoms with E-state index in [-0.39, 0.29) is 5.56 Å². The molecule has 4 heteroatoms. The second-order valence-corrected chi connectivity index (χ2v) is 3.37. The third kappa shape index (κ3) is 3.23. The van der Waals surface area contributed by atoms with Crippen LogP contribution in [0.2, 0.25) is 0 Å². The number of carboxylic acids is 1. The quantitative estimate of drug-likeness (QED) is 0.755. The third-order valence-corrected chi connectivity index (χ3v) is 2.14. The predicted octanol–water partition coefficient (Wildman–Crippen LogP) is 2.07. The molecule has 0 saturated carbocycles. The van der Waals surface area contributed by atoms with Crippen LogP contribution in [-0.4, -0.2) is 11.1 Å². The lowest BCUT2D eigenvalue weighted by Gasteiger charge is -1.99. The van der Waals surface area contributed by atoms with E-state index in [2.05, 4.69) is 6.92 Å². The Bertz CT molecular complexity index is 392. The SMILES string of the molecule is CCCCCc1ccc(C(=O)O)c(=O)o1. The summed E-state index contributed by atoms with van der Waals surface area (Å²) in [6.45, 7) is 2.09. The maximum atomic E-state index is 11.2. The first-order valence-electron chi connectivity index (χ1n) is 5.01. The molecule has 15 heavy (non-hydrogen) atoms. The van der Waals surface area contributed by atoms with Gasteiger partial charge in [0, 0.05) is 6.42 Å². The van der Waals surface area contributed by atoms with Crippen molar-refractivity contribution < 1.29 is 14.3 Å². The number of hydrogen-bond donors (Lipinski definition) is 1. The van der Waals surface area contributed by atoms with Crippen LogP contribution in [0, 0.1) is 0 Å². The van der Waals surface area contributed by atoms with Crippen LogP contribution < -0.4 is 5.63 Å². The topological polar surface area (TPSA) is 67.5 Å². The van der Waals surface area contributed by atoms with Gasteiger partial charge in [0.25, 0.3) is 0 Å². The summed E-state index contributed by atoms with van der Waals surface area (Å²) in [7, 11) is 0. The fraction of sp³-hybridized carbons (Fsp3) is 0.455. The van der Waals surface area contributed by atoms with Crippen molar-refractivity contribution in [2.24, 2.45) is 0 Å². The van der Waals surface area contributed by atoms with Crippen molar-refractivity contribution in [1.82, 2.24) is 0 Å². The van der Waals surface area contributed by atoms with Crippen LogP contribution in [0.5, 0.6) is 0 Å². The predicted molar refractivity (Wildman–Crippen MR) is 55.2 cm³/mol. The lowest BCUT2D eigenvalue weighted by molar-refractivity contribution is 0.0691. The third-order valence-electron chi connectivity index (χ3n) is 2.14. The highest BCUT2D eigenvalue weighted by molar-refractivity contribution is 5.86. The molecule has 82 valence electrons. The van der Waals surface area contributed by atoms with Crippen LogP contribution in [0.25, 0.3) is 0 Å². The molecule has 1 heterocycles. The normalized spacial score (nSPS) is 10.2. The molecule has 1 aromatic rings. The van der Waals surface area contributed by atoms with E-state index in [1.165, 1.54) is 6.07 Å². The Balaban J connectivity index is 2.74. The van der Waals surface area contributed by atoms with Crippen molar-refractivity contribution in [1.29, 1.82) is 0 Å². The summed E-state index contributed by atoms with van der Waals surface area (Å²) in [6, 6.07) is 2.86. The smallest absolute Gasteiger partial charge is 0.350 e. The Morgan fingerprint density at radius 2 is 2.13 bits per heavy atom. The standard InChI is InChI=1S/C11H14O4/c1-2-3-4-5-8-6-7-9(10(12)13)11(14)15-8/h6-7H,2-5H2,1H3,(H,12,13). The molecule has 0 aromatic carbocycles. The van der Waals surface area contributed by atoms with E-state index in [0.717, 1.165) is 19.3 Å². The molecule has 0 radical (unpaired) electrons. The van der Waals surface area contributed by atoms with Crippen molar-refractivity contribution in [3.63, 3.8) is 0 Å². The minimum atomic E-state index is -1.25. The van der Waals surface area contributed by atoms with Crippen molar-refractivity contribution in [2.75, 3.05) is 0 Å². The number of unbranched alkanes of at least 4 members (excludes halogenated alkanes) is 2. The molecule has 0 aliphatic carbocycles. The number of aromatic carboxylic acids is 1. The van der Waals surface area contributed by atoms with E-state index in [1.54, 1.807) is 6.07 Å².